The van der Waals surface area contributed by atoms with Gasteiger partial charge in [-0.15, -0.1) is 0 Å². The number of β-lactam (4-membered cyclic amide) rings is 1. The van der Waals surface area contributed by atoms with E-state index in [-0.39, 0.29) is 17.9 Å². The van der Waals surface area contributed by atoms with Gasteiger partial charge in [-0.25, -0.2) is 9.69 Å². The first-order valence-corrected chi connectivity index (χ1v) is 14.5. The van der Waals surface area contributed by atoms with Crippen LogP contribution in [-0.2, 0) is 4.79 Å². The van der Waals surface area contributed by atoms with Gasteiger partial charge in [0.15, 0.2) is 6.23 Å². The largest absolute Gasteiger partial charge is 0.469 e. The number of benzene rings is 2. The van der Waals surface area contributed by atoms with Gasteiger partial charge in [-0.05, 0) is 77.0 Å². The van der Waals surface area contributed by atoms with E-state index in [1.54, 1.807) is 24.3 Å². The average Bonchev–Trinajstić information content (AvgIpc) is 2.94. The van der Waals surface area contributed by atoms with Crippen LogP contribution in [0.3, 0.4) is 0 Å². The second kappa shape index (κ2) is 13.8. The molecule has 0 aliphatic carbocycles. The van der Waals surface area contributed by atoms with Crippen molar-refractivity contribution in [2.75, 3.05) is 33.7 Å². The van der Waals surface area contributed by atoms with Crippen molar-refractivity contribution in [3.63, 3.8) is 0 Å². The summed E-state index contributed by atoms with van der Waals surface area (Å²) in [5.41, 5.74) is 1.96. The zero-order chi connectivity index (χ0) is 29.4. The SMILES string of the molecule is CCC[C@H](NC(=O)N1C(=O)C(CC)(CC)[C@@H]1Oc1ccc(C(=O)N(CC)CCN(C)C)cc1)c1ccc(C)cc1. The molecule has 2 aromatic rings. The van der Waals surface area contributed by atoms with E-state index < -0.39 is 17.7 Å². The first kappa shape index (κ1) is 31.1. The molecule has 1 aliphatic rings. The van der Waals surface area contributed by atoms with Gasteiger partial charge in [-0.3, -0.25) is 9.59 Å². The lowest BCUT2D eigenvalue weighted by Gasteiger charge is -2.53. The Morgan fingerprint density at radius 3 is 2.12 bits per heavy atom. The number of carbonyl (C=O) groups is 3. The number of rotatable bonds is 13. The summed E-state index contributed by atoms with van der Waals surface area (Å²) in [6.45, 7) is 12.0. The predicted molar refractivity (Wildman–Crippen MR) is 158 cm³/mol. The number of likely N-dealkylation sites (N-methyl/N-ethyl adjacent to an activating group) is 2. The standard InChI is InChI=1S/C32H46N4O4/c1-8-12-27(24-15-13-23(5)14-16-24)33-31(39)36-29(38)32(9-2,10-3)30(36)40-26-19-17-25(18-20-26)28(37)35(11-4)22-21-34(6)7/h13-20,27,30H,8-12,21-22H2,1-7H3,(H,33,39)/t27-,30-/m0/s1. The van der Waals surface area contributed by atoms with Gasteiger partial charge in [0.2, 0.25) is 5.91 Å². The molecular weight excluding hydrogens is 504 g/mol. The number of likely N-dealkylation sites (tertiary alicyclic amines) is 1. The molecule has 1 heterocycles. The summed E-state index contributed by atoms with van der Waals surface area (Å²) >= 11 is 0. The Morgan fingerprint density at radius 2 is 1.60 bits per heavy atom. The number of carbonyl (C=O) groups excluding carboxylic acids is 3. The Balaban J connectivity index is 1.78. The number of imide groups is 1. The highest BCUT2D eigenvalue weighted by Crippen LogP contribution is 2.46. The van der Waals surface area contributed by atoms with Crippen molar-refractivity contribution in [2.45, 2.75) is 72.6 Å². The van der Waals surface area contributed by atoms with Crippen molar-refractivity contribution >= 4 is 17.8 Å². The quantitative estimate of drug-likeness (QED) is 0.327. The molecule has 1 saturated heterocycles. The van der Waals surface area contributed by atoms with E-state index in [9.17, 15) is 14.4 Å². The topological polar surface area (TPSA) is 82.2 Å². The molecule has 8 nitrogen and oxygen atoms in total. The summed E-state index contributed by atoms with van der Waals surface area (Å²) in [4.78, 5) is 45.0. The van der Waals surface area contributed by atoms with Crippen LogP contribution in [0, 0.1) is 12.3 Å². The zero-order valence-electron chi connectivity index (χ0n) is 25.2. The lowest BCUT2D eigenvalue weighted by atomic mass is 9.72. The molecule has 0 radical (unpaired) electrons. The Bertz CT molecular complexity index is 1140. The minimum absolute atomic E-state index is 0.0368. The van der Waals surface area contributed by atoms with Crippen LogP contribution in [0.1, 0.15) is 80.9 Å². The molecule has 0 spiro atoms. The lowest BCUT2D eigenvalue weighted by Crippen LogP contribution is -2.73. The van der Waals surface area contributed by atoms with Crippen molar-refractivity contribution in [1.82, 2.24) is 20.0 Å². The molecular formula is C32H46N4O4. The number of ether oxygens (including phenoxy) is 1. The van der Waals surface area contributed by atoms with Crippen molar-refractivity contribution in [1.29, 1.82) is 0 Å². The molecule has 2 atom stereocenters. The van der Waals surface area contributed by atoms with Crippen LogP contribution in [0.25, 0.3) is 0 Å². The third-order valence-electron chi connectivity index (χ3n) is 8.02. The fourth-order valence-electron chi connectivity index (χ4n) is 5.24. The van der Waals surface area contributed by atoms with Crippen LogP contribution in [0.5, 0.6) is 5.75 Å². The van der Waals surface area contributed by atoms with Gasteiger partial charge in [0, 0.05) is 25.2 Å². The van der Waals surface area contributed by atoms with Gasteiger partial charge < -0.3 is 19.9 Å². The molecule has 218 valence electrons. The van der Waals surface area contributed by atoms with E-state index in [4.69, 9.17) is 4.74 Å². The molecule has 2 aromatic carbocycles. The molecule has 3 rings (SSSR count). The predicted octanol–water partition coefficient (Wildman–Crippen LogP) is 5.62. The molecule has 0 bridgehead atoms. The van der Waals surface area contributed by atoms with Gasteiger partial charge in [-0.1, -0.05) is 57.0 Å². The maximum Gasteiger partial charge on any atom is 0.327 e. The maximum atomic E-state index is 13.5. The van der Waals surface area contributed by atoms with E-state index in [1.807, 2.05) is 75.9 Å². The summed E-state index contributed by atoms with van der Waals surface area (Å²) in [5.74, 6) is 0.258. The normalized spacial score (nSPS) is 16.9. The van der Waals surface area contributed by atoms with E-state index in [1.165, 1.54) is 4.90 Å². The molecule has 8 heteroatoms. The Kier molecular flexibility index (Phi) is 10.7. The fraction of sp³-hybridized carbons (Fsp3) is 0.531. The Morgan fingerprint density at radius 1 is 0.975 bits per heavy atom. The summed E-state index contributed by atoms with van der Waals surface area (Å²) in [6.07, 6.45) is 2.02. The van der Waals surface area contributed by atoms with E-state index in [0.717, 1.165) is 30.5 Å². The van der Waals surface area contributed by atoms with Crippen molar-refractivity contribution in [3.8, 4) is 5.75 Å². The van der Waals surface area contributed by atoms with Crippen LogP contribution < -0.4 is 10.1 Å². The average molecular weight is 551 g/mol. The highest BCUT2D eigenvalue weighted by Gasteiger charge is 2.63. The number of hydrogen-bond acceptors (Lipinski definition) is 5. The molecule has 4 amide bonds. The number of nitrogens with one attached hydrogen (secondary N) is 1. The van der Waals surface area contributed by atoms with Gasteiger partial charge in [-0.2, -0.15) is 0 Å². The Labute approximate surface area is 239 Å². The second-order valence-electron chi connectivity index (χ2n) is 10.9. The van der Waals surface area contributed by atoms with Gasteiger partial charge >= 0.3 is 6.03 Å². The summed E-state index contributed by atoms with van der Waals surface area (Å²) in [5, 5.41) is 3.08. The molecule has 1 N–H and O–H groups in total. The maximum absolute atomic E-state index is 13.5. The van der Waals surface area contributed by atoms with Crippen LogP contribution >= 0.6 is 0 Å². The monoisotopic (exact) mass is 550 g/mol. The van der Waals surface area contributed by atoms with Crippen molar-refractivity contribution in [3.05, 3.63) is 65.2 Å². The smallest absolute Gasteiger partial charge is 0.327 e. The van der Waals surface area contributed by atoms with Crippen LogP contribution in [0.15, 0.2) is 48.5 Å². The molecule has 1 aliphatic heterocycles. The van der Waals surface area contributed by atoms with Crippen molar-refractivity contribution < 1.29 is 19.1 Å². The highest BCUT2D eigenvalue weighted by atomic mass is 16.5. The number of aryl methyl sites for hydroxylation is 1. The van der Waals surface area contributed by atoms with Gasteiger partial charge in [0.25, 0.3) is 5.91 Å². The summed E-state index contributed by atoms with van der Waals surface area (Å²) in [6, 6.07) is 14.4. The van der Waals surface area contributed by atoms with E-state index in [2.05, 4.69) is 12.2 Å². The molecule has 0 aromatic heterocycles. The number of hydrogen-bond donors (Lipinski definition) is 1. The lowest BCUT2D eigenvalue weighted by molar-refractivity contribution is -0.191. The van der Waals surface area contributed by atoms with Crippen LogP contribution in [0.4, 0.5) is 4.79 Å². The third kappa shape index (κ3) is 6.66. The minimum atomic E-state index is -0.777. The molecule has 0 saturated carbocycles. The summed E-state index contributed by atoms with van der Waals surface area (Å²) in [7, 11) is 3.97. The summed E-state index contributed by atoms with van der Waals surface area (Å²) < 4.78 is 6.33. The first-order chi connectivity index (χ1) is 19.1. The number of urea groups is 1. The zero-order valence-corrected chi connectivity index (χ0v) is 25.2. The second-order valence-corrected chi connectivity index (χ2v) is 10.9. The van der Waals surface area contributed by atoms with Crippen LogP contribution in [0.2, 0.25) is 0 Å². The fourth-order valence-corrected chi connectivity index (χ4v) is 5.24. The number of amides is 4. The van der Waals surface area contributed by atoms with Gasteiger partial charge in [0.1, 0.15) is 11.2 Å². The van der Waals surface area contributed by atoms with E-state index in [0.29, 0.717) is 37.2 Å². The highest BCUT2D eigenvalue weighted by molar-refractivity contribution is 6.03. The molecule has 0 unspecified atom stereocenters. The van der Waals surface area contributed by atoms with E-state index >= 15 is 0 Å². The molecule has 40 heavy (non-hydrogen) atoms. The van der Waals surface area contributed by atoms with Gasteiger partial charge in [0.05, 0.1) is 6.04 Å². The molecule has 1 fully saturated rings. The van der Waals surface area contributed by atoms with Crippen LogP contribution in [-0.4, -0.2) is 72.5 Å². The first-order valence-electron chi connectivity index (χ1n) is 14.5. The Hall–Kier alpha value is -3.39. The third-order valence-corrected chi connectivity index (χ3v) is 8.02. The number of nitrogens with zero attached hydrogens (tertiary/aromatic N) is 3. The van der Waals surface area contributed by atoms with Crippen molar-refractivity contribution in [2.24, 2.45) is 5.41 Å². The minimum Gasteiger partial charge on any atom is -0.469 e.